The Morgan fingerprint density at radius 1 is 1.30 bits per heavy atom. The molecule has 2 aromatic rings. The van der Waals surface area contributed by atoms with Crippen LogP contribution in [0.3, 0.4) is 0 Å². The minimum Gasteiger partial charge on any atom is -0.497 e. The summed E-state index contributed by atoms with van der Waals surface area (Å²) in [6, 6.07) is 11.5. The maximum Gasteiger partial charge on any atom is 0.257 e. The van der Waals surface area contributed by atoms with E-state index in [1.165, 1.54) is 0 Å². The number of pyridine rings is 1. The van der Waals surface area contributed by atoms with Gasteiger partial charge in [-0.3, -0.25) is 14.6 Å². The monoisotopic (exact) mass is 409 g/mol. The van der Waals surface area contributed by atoms with Crippen molar-refractivity contribution in [3.8, 4) is 5.75 Å². The SMILES string of the molecule is CCC(=O)N1CC(c2cccnc2)C2(C1)OCCN(Cc1ccc(OC)cc1)C2=O. The maximum atomic E-state index is 13.7. The molecule has 2 unspecified atom stereocenters. The number of amides is 2. The fourth-order valence-electron chi connectivity index (χ4n) is 4.43. The molecule has 1 spiro atoms. The van der Waals surface area contributed by atoms with Crippen LogP contribution in [-0.4, -0.2) is 65.6 Å². The van der Waals surface area contributed by atoms with Crippen LogP contribution in [0.4, 0.5) is 0 Å². The van der Waals surface area contributed by atoms with E-state index in [0.717, 1.165) is 16.9 Å². The molecule has 0 saturated carbocycles. The van der Waals surface area contributed by atoms with Crippen molar-refractivity contribution >= 4 is 11.8 Å². The number of nitrogens with zero attached hydrogens (tertiary/aromatic N) is 3. The van der Waals surface area contributed by atoms with Crippen molar-refractivity contribution in [2.24, 2.45) is 0 Å². The zero-order chi connectivity index (χ0) is 21.1. The highest BCUT2D eigenvalue weighted by atomic mass is 16.5. The molecule has 3 heterocycles. The number of carbonyl (C=O) groups is 2. The van der Waals surface area contributed by atoms with E-state index in [2.05, 4.69) is 4.98 Å². The predicted molar refractivity (Wildman–Crippen MR) is 111 cm³/mol. The standard InChI is InChI=1S/C23H27N3O4/c1-3-21(27)26-15-20(18-5-4-10-24-13-18)23(16-26)22(28)25(11-12-30-23)14-17-6-8-19(29-2)9-7-17/h4-10,13,20H,3,11-12,14-16H2,1-2H3. The number of hydrogen-bond donors (Lipinski definition) is 0. The summed E-state index contributed by atoms with van der Waals surface area (Å²) < 4.78 is 11.4. The highest BCUT2D eigenvalue weighted by Crippen LogP contribution is 2.42. The van der Waals surface area contributed by atoms with Crippen molar-refractivity contribution < 1.29 is 19.1 Å². The van der Waals surface area contributed by atoms with E-state index >= 15 is 0 Å². The van der Waals surface area contributed by atoms with Gasteiger partial charge in [-0.2, -0.15) is 0 Å². The molecule has 1 aromatic carbocycles. The van der Waals surface area contributed by atoms with Crippen LogP contribution in [0.5, 0.6) is 5.75 Å². The minimum absolute atomic E-state index is 0.0319. The van der Waals surface area contributed by atoms with E-state index in [1.807, 2.05) is 48.2 Å². The molecule has 1 aromatic heterocycles. The predicted octanol–water partition coefficient (Wildman–Crippen LogP) is 2.22. The van der Waals surface area contributed by atoms with Gasteiger partial charge in [-0.25, -0.2) is 0 Å². The van der Waals surface area contributed by atoms with Crippen LogP contribution in [0.25, 0.3) is 0 Å². The van der Waals surface area contributed by atoms with Crippen molar-refractivity contribution in [2.75, 3.05) is 33.4 Å². The fraction of sp³-hybridized carbons (Fsp3) is 0.435. The first-order chi connectivity index (χ1) is 14.6. The van der Waals surface area contributed by atoms with Crippen LogP contribution < -0.4 is 4.74 Å². The quantitative estimate of drug-likeness (QED) is 0.757. The van der Waals surface area contributed by atoms with E-state index in [9.17, 15) is 9.59 Å². The molecule has 2 atom stereocenters. The van der Waals surface area contributed by atoms with Crippen LogP contribution in [0.15, 0.2) is 48.8 Å². The highest BCUT2D eigenvalue weighted by Gasteiger charge is 2.57. The van der Waals surface area contributed by atoms with Crippen molar-refractivity contribution in [3.05, 3.63) is 59.9 Å². The maximum absolute atomic E-state index is 13.7. The average Bonchev–Trinajstić information content (AvgIpc) is 3.18. The third-order valence-electron chi connectivity index (χ3n) is 6.04. The Morgan fingerprint density at radius 3 is 2.77 bits per heavy atom. The van der Waals surface area contributed by atoms with Crippen LogP contribution in [0.1, 0.15) is 30.4 Å². The van der Waals surface area contributed by atoms with Crippen molar-refractivity contribution in [1.82, 2.24) is 14.8 Å². The number of morpholine rings is 1. The molecule has 0 radical (unpaired) electrons. The Kier molecular flexibility index (Phi) is 5.72. The Hall–Kier alpha value is -2.93. The van der Waals surface area contributed by atoms with Gasteiger partial charge in [-0.1, -0.05) is 25.1 Å². The average molecular weight is 409 g/mol. The molecule has 7 nitrogen and oxygen atoms in total. The number of likely N-dealkylation sites (tertiary alicyclic amines) is 1. The van der Waals surface area contributed by atoms with Gasteiger partial charge in [-0.05, 0) is 29.3 Å². The van der Waals surface area contributed by atoms with Crippen LogP contribution in [0.2, 0.25) is 0 Å². The molecule has 7 heteroatoms. The lowest BCUT2D eigenvalue weighted by Gasteiger charge is -2.42. The molecule has 2 saturated heterocycles. The van der Waals surface area contributed by atoms with E-state index in [4.69, 9.17) is 9.47 Å². The van der Waals surface area contributed by atoms with E-state index in [1.54, 1.807) is 24.4 Å². The van der Waals surface area contributed by atoms with Crippen LogP contribution in [-0.2, 0) is 20.9 Å². The summed E-state index contributed by atoms with van der Waals surface area (Å²) in [7, 11) is 1.63. The van der Waals surface area contributed by atoms with Crippen LogP contribution >= 0.6 is 0 Å². The van der Waals surface area contributed by atoms with Crippen molar-refractivity contribution in [1.29, 1.82) is 0 Å². The van der Waals surface area contributed by atoms with Crippen molar-refractivity contribution in [2.45, 2.75) is 31.4 Å². The first-order valence-corrected chi connectivity index (χ1v) is 10.3. The van der Waals surface area contributed by atoms with Gasteiger partial charge < -0.3 is 19.3 Å². The van der Waals surface area contributed by atoms with Gasteiger partial charge >= 0.3 is 0 Å². The zero-order valence-electron chi connectivity index (χ0n) is 17.4. The van der Waals surface area contributed by atoms with E-state index < -0.39 is 5.60 Å². The Bertz CT molecular complexity index is 902. The lowest BCUT2D eigenvalue weighted by atomic mass is 9.83. The molecule has 30 heavy (non-hydrogen) atoms. The number of ether oxygens (including phenoxy) is 2. The molecule has 2 aliphatic rings. The summed E-state index contributed by atoms with van der Waals surface area (Å²) in [5, 5.41) is 0. The Labute approximate surface area is 176 Å². The molecule has 0 bridgehead atoms. The minimum atomic E-state index is -1.07. The third-order valence-corrected chi connectivity index (χ3v) is 6.04. The second kappa shape index (κ2) is 8.44. The van der Waals surface area contributed by atoms with Gasteiger partial charge in [0, 0.05) is 44.4 Å². The summed E-state index contributed by atoms with van der Waals surface area (Å²) >= 11 is 0. The number of methoxy groups -OCH3 is 1. The number of carbonyl (C=O) groups excluding carboxylic acids is 2. The topological polar surface area (TPSA) is 72.0 Å². The normalized spacial score (nSPS) is 23.8. The van der Waals surface area contributed by atoms with Gasteiger partial charge in [0.15, 0.2) is 5.60 Å². The van der Waals surface area contributed by atoms with Gasteiger partial charge in [0.25, 0.3) is 5.91 Å². The van der Waals surface area contributed by atoms with Gasteiger partial charge in [0.2, 0.25) is 5.91 Å². The number of benzene rings is 1. The lowest BCUT2D eigenvalue weighted by molar-refractivity contribution is -0.173. The number of hydrogen-bond acceptors (Lipinski definition) is 5. The summed E-state index contributed by atoms with van der Waals surface area (Å²) in [5.41, 5.74) is 0.876. The summed E-state index contributed by atoms with van der Waals surface area (Å²) in [5.74, 6) is 0.506. The van der Waals surface area contributed by atoms with Crippen LogP contribution in [0, 0.1) is 0 Å². The number of aromatic nitrogens is 1. The number of rotatable bonds is 5. The largest absolute Gasteiger partial charge is 0.497 e. The Morgan fingerprint density at radius 2 is 2.10 bits per heavy atom. The molecule has 158 valence electrons. The lowest BCUT2D eigenvalue weighted by Crippen LogP contribution is -2.60. The molecular weight excluding hydrogens is 382 g/mol. The third kappa shape index (κ3) is 3.65. The second-order valence-corrected chi connectivity index (χ2v) is 7.78. The zero-order valence-corrected chi connectivity index (χ0v) is 17.4. The Balaban J connectivity index is 1.63. The molecule has 0 N–H and O–H groups in total. The molecule has 2 aliphatic heterocycles. The first-order valence-electron chi connectivity index (χ1n) is 10.3. The van der Waals surface area contributed by atoms with Gasteiger partial charge in [-0.15, -0.1) is 0 Å². The first kappa shape index (κ1) is 20.3. The van der Waals surface area contributed by atoms with E-state index in [-0.39, 0.29) is 24.3 Å². The smallest absolute Gasteiger partial charge is 0.257 e. The summed E-state index contributed by atoms with van der Waals surface area (Å²) in [6.07, 6.45) is 3.88. The van der Waals surface area contributed by atoms with Crippen molar-refractivity contribution in [3.63, 3.8) is 0 Å². The summed E-state index contributed by atoms with van der Waals surface area (Å²) in [6.45, 7) is 4.03. The fourth-order valence-corrected chi connectivity index (χ4v) is 4.43. The summed E-state index contributed by atoms with van der Waals surface area (Å²) in [4.78, 5) is 34.0. The molecule has 2 fully saturated rings. The van der Waals surface area contributed by atoms with Gasteiger partial charge in [0.05, 0.1) is 20.3 Å². The van der Waals surface area contributed by atoms with Gasteiger partial charge in [0.1, 0.15) is 5.75 Å². The van der Waals surface area contributed by atoms with E-state index in [0.29, 0.717) is 32.7 Å². The highest BCUT2D eigenvalue weighted by molar-refractivity contribution is 5.90. The molecule has 2 amide bonds. The molecule has 0 aliphatic carbocycles. The second-order valence-electron chi connectivity index (χ2n) is 7.78. The molecular formula is C23H27N3O4. The molecule has 4 rings (SSSR count).